The first-order valence-electron chi connectivity index (χ1n) is 7.90. The van der Waals surface area contributed by atoms with Crippen LogP contribution in [-0.4, -0.2) is 25.9 Å². The molecule has 4 rings (SSSR count). The fourth-order valence-electron chi connectivity index (χ4n) is 2.87. The number of hydrogen-bond donors (Lipinski definition) is 0. The molecule has 0 saturated heterocycles. The molecule has 0 aliphatic carbocycles. The number of carbonyl (C=O) groups excluding carboxylic acids is 2. The largest absolute Gasteiger partial charge is 0.456 e. The van der Waals surface area contributed by atoms with E-state index in [1.165, 1.54) is 12.2 Å². The molecule has 0 fully saturated rings. The van der Waals surface area contributed by atoms with Gasteiger partial charge >= 0.3 is 0 Å². The molecule has 0 bridgehead atoms. The molecule has 5 heteroatoms. The summed E-state index contributed by atoms with van der Waals surface area (Å²) in [5.74, 6) is 0.102. The highest BCUT2D eigenvalue weighted by Crippen LogP contribution is 2.31. The number of hydrogen-bond acceptors (Lipinski definition) is 4. The van der Waals surface area contributed by atoms with Crippen molar-refractivity contribution in [3.63, 3.8) is 0 Å². The zero-order valence-corrected chi connectivity index (χ0v) is 13.9. The molecule has 25 heavy (non-hydrogen) atoms. The number of amides is 2. The van der Waals surface area contributed by atoms with Crippen LogP contribution >= 0.6 is 0 Å². The third kappa shape index (κ3) is 2.59. The van der Waals surface area contributed by atoms with Crippen LogP contribution in [0, 0.1) is 0 Å². The maximum atomic E-state index is 11.7. The third-order valence-electron chi connectivity index (χ3n) is 4.24. The lowest BCUT2D eigenvalue weighted by Gasteiger charge is -2.13. The zero-order chi connectivity index (χ0) is 17.6. The molecule has 124 valence electrons. The Morgan fingerprint density at radius 2 is 1.56 bits per heavy atom. The maximum Gasteiger partial charge on any atom is 0.258 e. The highest BCUT2D eigenvalue weighted by atomic mass is 16.3. The minimum absolute atomic E-state index is 0.322. The van der Waals surface area contributed by atoms with Gasteiger partial charge in [-0.2, -0.15) is 0 Å². The van der Waals surface area contributed by atoms with Crippen LogP contribution in [0.1, 0.15) is 0 Å². The van der Waals surface area contributed by atoms with Gasteiger partial charge in [-0.3, -0.25) is 9.59 Å². The number of fused-ring (bicyclic) bond motifs is 1. The topological polar surface area (TPSA) is 53.8 Å². The van der Waals surface area contributed by atoms with Crippen molar-refractivity contribution in [2.45, 2.75) is 0 Å². The van der Waals surface area contributed by atoms with E-state index in [4.69, 9.17) is 4.42 Å². The predicted octanol–water partition coefficient (Wildman–Crippen LogP) is 3.60. The van der Waals surface area contributed by atoms with Gasteiger partial charge in [-0.1, -0.05) is 0 Å². The van der Waals surface area contributed by atoms with Crippen molar-refractivity contribution in [1.29, 1.82) is 0 Å². The third-order valence-corrected chi connectivity index (χ3v) is 4.24. The number of carbonyl (C=O) groups is 2. The molecule has 0 N–H and O–H groups in total. The standard InChI is InChI=1S/C20H16N2O3/c1-21(2)16-8-5-14-11-17(25-18(14)12-16)13-3-6-15(7-4-13)22-19(23)9-10-20(22)24/h3-12H,1-2H3. The molecular formula is C20H16N2O3. The second-order valence-corrected chi connectivity index (χ2v) is 6.12. The molecule has 0 radical (unpaired) electrons. The van der Waals surface area contributed by atoms with E-state index < -0.39 is 0 Å². The van der Waals surface area contributed by atoms with Crippen LogP contribution in [-0.2, 0) is 9.59 Å². The van der Waals surface area contributed by atoms with Crippen LogP contribution in [0.2, 0.25) is 0 Å². The Balaban J connectivity index is 1.67. The number of rotatable bonds is 3. The molecule has 3 aromatic rings. The first kappa shape index (κ1) is 15.2. The molecule has 2 aromatic carbocycles. The van der Waals surface area contributed by atoms with Crippen LogP contribution < -0.4 is 9.80 Å². The molecule has 2 amide bonds. The first-order chi connectivity index (χ1) is 12.0. The maximum absolute atomic E-state index is 11.7. The van der Waals surface area contributed by atoms with Gasteiger partial charge in [0.1, 0.15) is 11.3 Å². The molecule has 1 aliphatic rings. The van der Waals surface area contributed by atoms with Gasteiger partial charge < -0.3 is 9.32 Å². The van der Waals surface area contributed by atoms with E-state index in [1.807, 2.05) is 55.4 Å². The van der Waals surface area contributed by atoms with E-state index >= 15 is 0 Å². The van der Waals surface area contributed by atoms with Crippen molar-refractivity contribution in [3.8, 4) is 11.3 Å². The van der Waals surface area contributed by atoms with Crippen LogP contribution in [0.25, 0.3) is 22.3 Å². The van der Waals surface area contributed by atoms with Crippen molar-refractivity contribution < 1.29 is 14.0 Å². The van der Waals surface area contributed by atoms with Crippen LogP contribution in [0.4, 0.5) is 11.4 Å². The molecule has 5 nitrogen and oxygen atoms in total. The fraction of sp³-hybridized carbons (Fsp3) is 0.100. The van der Waals surface area contributed by atoms with Gasteiger partial charge in [0.05, 0.1) is 5.69 Å². The molecule has 1 aliphatic heterocycles. The van der Waals surface area contributed by atoms with Gasteiger partial charge in [0.25, 0.3) is 11.8 Å². The minimum atomic E-state index is -0.322. The zero-order valence-electron chi connectivity index (χ0n) is 13.9. The molecule has 1 aromatic heterocycles. The highest BCUT2D eigenvalue weighted by molar-refractivity contribution is 6.28. The van der Waals surface area contributed by atoms with E-state index in [-0.39, 0.29) is 11.8 Å². The van der Waals surface area contributed by atoms with Crippen molar-refractivity contribution in [1.82, 2.24) is 0 Å². The summed E-state index contributed by atoms with van der Waals surface area (Å²) in [4.78, 5) is 26.6. The van der Waals surface area contributed by atoms with Crippen LogP contribution in [0.5, 0.6) is 0 Å². The molecule has 0 spiro atoms. The van der Waals surface area contributed by atoms with Crippen LogP contribution in [0.3, 0.4) is 0 Å². The highest BCUT2D eigenvalue weighted by Gasteiger charge is 2.24. The molecule has 2 heterocycles. The van der Waals surface area contributed by atoms with Crippen molar-refractivity contribution >= 4 is 34.2 Å². The Hall–Kier alpha value is -3.34. The van der Waals surface area contributed by atoms with Gasteiger partial charge in [0.15, 0.2) is 0 Å². The van der Waals surface area contributed by atoms with E-state index in [9.17, 15) is 9.59 Å². The summed E-state index contributed by atoms with van der Waals surface area (Å²) >= 11 is 0. The second kappa shape index (κ2) is 5.63. The minimum Gasteiger partial charge on any atom is -0.456 e. The SMILES string of the molecule is CN(C)c1ccc2cc(-c3ccc(N4C(=O)C=CC4=O)cc3)oc2c1. The van der Waals surface area contributed by atoms with Crippen LogP contribution in [0.15, 0.2) is 65.1 Å². The smallest absolute Gasteiger partial charge is 0.258 e. The fourth-order valence-corrected chi connectivity index (χ4v) is 2.87. The van der Waals surface area contributed by atoms with E-state index in [1.54, 1.807) is 12.1 Å². The van der Waals surface area contributed by atoms with E-state index in [0.29, 0.717) is 5.69 Å². The average Bonchev–Trinajstić information content (AvgIpc) is 3.17. The number of benzene rings is 2. The molecular weight excluding hydrogens is 316 g/mol. The first-order valence-corrected chi connectivity index (χ1v) is 7.90. The second-order valence-electron chi connectivity index (χ2n) is 6.12. The Labute approximate surface area is 144 Å². The lowest BCUT2D eigenvalue weighted by atomic mass is 10.1. The predicted molar refractivity (Wildman–Crippen MR) is 97.6 cm³/mol. The Morgan fingerprint density at radius 3 is 2.20 bits per heavy atom. The number of anilines is 2. The van der Waals surface area contributed by atoms with Crippen molar-refractivity contribution in [2.75, 3.05) is 23.9 Å². The van der Waals surface area contributed by atoms with Gasteiger partial charge in [-0.15, -0.1) is 0 Å². The Kier molecular flexibility index (Phi) is 3.42. The average molecular weight is 332 g/mol. The molecule has 0 saturated carbocycles. The molecule has 0 atom stereocenters. The van der Waals surface area contributed by atoms with Gasteiger partial charge in [-0.05, 0) is 42.5 Å². The summed E-state index contributed by atoms with van der Waals surface area (Å²) in [5, 5.41) is 1.03. The number of furan rings is 1. The quantitative estimate of drug-likeness (QED) is 0.688. The van der Waals surface area contributed by atoms with E-state index in [2.05, 4.69) is 0 Å². The van der Waals surface area contributed by atoms with Crippen molar-refractivity contribution in [2.24, 2.45) is 0 Å². The summed E-state index contributed by atoms with van der Waals surface area (Å²) in [5.41, 5.74) is 3.33. The monoisotopic (exact) mass is 332 g/mol. The number of nitrogens with zero attached hydrogens (tertiary/aromatic N) is 2. The summed E-state index contributed by atoms with van der Waals surface area (Å²) in [6.07, 6.45) is 2.55. The number of imide groups is 1. The van der Waals surface area contributed by atoms with Gasteiger partial charge in [-0.25, -0.2) is 4.90 Å². The summed E-state index contributed by atoms with van der Waals surface area (Å²) in [6.45, 7) is 0. The van der Waals surface area contributed by atoms with Gasteiger partial charge in [0.2, 0.25) is 0 Å². The summed E-state index contributed by atoms with van der Waals surface area (Å²) < 4.78 is 5.97. The normalized spacial score (nSPS) is 13.9. The Bertz CT molecular complexity index is 995. The molecule has 0 unspecified atom stereocenters. The Morgan fingerprint density at radius 1 is 0.880 bits per heavy atom. The van der Waals surface area contributed by atoms with Gasteiger partial charge in [0, 0.05) is 49.0 Å². The van der Waals surface area contributed by atoms with E-state index in [0.717, 1.165) is 32.9 Å². The summed E-state index contributed by atoms with van der Waals surface area (Å²) in [6, 6.07) is 15.2. The van der Waals surface area contributed by atoms with Crippen molar-refractivity contribution in [3.05, 3.63) is 60.7 Å². The summed E-state index contributed by atoms with van der Waals surface area (Å²) in [7, 11) is 3.97. The lowest BCUT2D eigenvalue weighted by molar-refractivity contribution is -0.119. The lowest BCUT2D eigenvalue weighted by Crippen LogP contribution is -2.29.